The van der Waals surface area contributed by atoms with E-state index in [4.69, 9.17) is 0 Å². The number of likely N-dealkylation sites (tertiary alicyclic amines) is 1. The van der Waals surface area contributed by atoms with Crippen molar-refractivity contribution in [3.05, 3.63) is 35.3 Å². The molecule has 2 heterocycles. The number of aromatic amines is 1. The summed E-state index contributed by atoms with van der Waals surface area (Å²) in [6, 6.07) is 4.87. The zero-order valence-corrected chi connectivity index (χ0v) is 17.3. The van der Waals surface area contributed by atoms with Crippen LogP contribution in [-0.2, 0) is 4.79 Å². The Morgan fingerprint density at radius 1 is 1.28 bits per heavy atom. The minimum atomic E-state index is -0.332. The van der Waals surface area contributed by atoms with E-state index in [0.29, 0.717) is 16.6 Å². The molecule has 1 aromatic carbocycles. The minimum absolute atomic E-state index is 0.0183. The predicted molar refractivity (Wildman–Crippen MR) is 110 cm³/mol. The van der Waals surface area contributed by atoms with Crippen LogP contribution in [0, 0.1) is 12.7 Å². The molecule has 2 N–H and O–H groups in total. The molecule has 1 saturated carbocycles. The number of halogens is 1. The number of nitrogens with zero attached hydrogens (tertiary/aromatic N) is 2. The highest BCUT2D eigenvalue weighted by atomic mass is 19.1. The van der Waals surface area contributed by atoms with Crippen LogP contribution < -0.4 is 5.32 Å². The van der Waals surface area contributed by atoms with Gasteiger partial charge in [-0.1, -0.05) is 6.07 Å². The van der Waals surface area contributed by atoms with Crippen molar-refractivity contribution >= 4 is 22.7 Å². The van der Waals surface area contributed by atoms with Crippen LogP contribution in [0.5, 0.6) is 0 Å². The van der Waals surface area contributed by atoms with E-state index >= 15 is 0 Å². The number of hydrogen-bond donors (Lipinski definition) is 2. The number of fused-ring (bicyclic) bond motifs is 1. The van der Waals surface area contributed by atoms with Crippen LogP contribution in [0.15, 0.2) is 18.2 Å². The number of carbonyl (C=O) groups excluding carboxylic acids is 2. The molecule has 1 aliphatic carbocycles. The number of carbonyl (C=O) groups is 2. The zero-order valence-electron chi connectivity index (χ0n) is 17.3. The van der Waals surface area contributed by atoms with Crippen molar-refractivity contribution in [2.45, 2.75) is 57.2 Å². The molecule has 2 aromatic rings. The smallest absolute Gasteiger partial charge is 0.267 e. The maximum atomic E-state index is 14.1. The largest absolute Gasteiger partial charge is 0.350 e. The summed E-state index contributed by atoms with van der Waals surface area (Å²) in [5, 5.41) is 3.54. The van der Waals surface area contributed by atoms with Gasteiger partial charge in [-0.3, -0.25) is 14.5 Å². The molecule has 4 rings (SSSR count). The number of nitrogens with one attached hydrogen (secondary N) is 2. The summed E-state index contributed by atoms with van der Waals surface area (Å²) < 4.78 is 14.1. The Kier molecular flexibility index (Phi) is 5.34. The van der Waals surface area contributed by atoms with Crippen LogP contribution >= 0.6 is 0 Å². The van der Waals surface area contributed by atoms with Gasteiger partial charge in [-0.05, 0) is 70.8 Å². The molecule has 2 aliphatic rings. The van der Waals surface area contributed by atoms with E-state index in [1.165, 1.54) is 6.07 Å². The van der Waals surface area contributed by atoms with Crippen molar-refractivity contribution in [2.24, 2.45) is 0 Å². The van der Waals surface area contributed by atoms with Crippen molar-refractivity contribution < 1.29 is 14.0 Å². The average molecular weight is 400 g/mol. The second-order valence-corrected chi connectivity index (χ2v) is 8.63. The van der Waals surface area contributed by atoms with Crippen molar-refractivity contribution in [3.8, 4) is 0 Å². The third-order valence-electron chi connectivity index (χ3n) is 6.45. The number of hydrogen-bond acceptors (Lipinski definition) is 3. The van der Waals surface area contributed by atoms with Crippen LogP contribution in [0.1, 0.15) is 48.2 Å². The predicted octanol–water partition coefficient (Wildman–Crippen LogP) is 2.82. The first-order valence-corrected chi connectivity index (χ1v) is 10.4. The molecular formula is C22H29FN4O2. The molecule has 2 amide bonds. The Morgan fingerprint density at radius 3 is 2.76 bits per heavy atom. The first-order chi connectivity index (χ1) is 13.8. The van der Waals surface area contributed by atoms with E-state index in [2.05, 4.69) is 10.3 Å². The van der Waals surface area contributed by atoms with Gasteiger partial charge in [-0.25, -0.2) is 4.39 Å². The first-order valence-electron chi connectivity index (χ1n) is 10.4. The van der Waals surface area contributed by atoms with Crippen LogP contribution in [-0.4, -0.2) is 65.4 Å². The minimum Gasteiger partial charge on any atom is -0.350 e. The third-order valence-corrected chi connectivity index (χ3v) is 6.45. The fraction of sp³-hybridized carbons (Fsp3) is 0.545. The Balaban J connectivity index is 1.43. The quantitative estimate of drug-likeness (QED) is 0.829. The van der Waals surface area contributed by atoms with Crippen LogP contribution in [0.4, 0.5) is 4.39 Å². The molecule has 3 atom stereocenters. The van der Waals surface area contributed by atoms with Gasteiger partial charge in [0.25, 0.3) is 5.91 Å². The van der Waals surface area contributed by atoms with Gasteiger partial charge in [0.2, 0.25) is 5.91 Å². The lowest BCUT2D eigenvalue weighted by Crippen LogP contribution is -2.48. The SMILES string of the molecule is Cc1ccc(F)c2cc(C(=O)N[C@@H]3CCC[C@H](N4CC[C@@H](N(C)C)C4=O)C3)[nH]c12. The van der Waals surface area contributed by atoms with Gasteiger partial charge in [-0.15, -0.1) is 0 Å². The second-order valence-electron chi connectivity index (χ2n) is 8.63. The summed E-state index contributed by atoms with van der Waals surface area (Å²) in [5.74, 6) is -0.347. The van der Waals surface area contributed by atoms with Crippen LogP contribution in [0.25, 0.3) is 10.9 Å². The summed E-state index contributed by atoms with van der Waals surface area (Å²) >= 11 is 0. The number of aryl methyl sites for hydroxylation is 1. The number of amides is 2. The molecule has 0 spiro atoms. The van der Waals surface area contributed by atoms with Gasteiger partial charge in [0, 0.05) is 24.0 Å². The third kappa shape index (κ3) is 3.75. The van der Waals surface area contributed by atoms with Crippen molar-refractivity contribution in [2.75, 3.05) is 20.6 Å². The highest BCUT2D eigenvalue weighted by Gasteiger charge is 2.39. The number of rotatable bonds is 4. The lowest BCUT2D eigenvalue weighted by atomic mass is 9.90. The van der Waals surface area contributed by atoms with E-state index in [9.17, 15) is 14.0 Å². The highest BCUT2D eigenvalue weighted by molar-refractivity contribution is 5.99. The van der Waals surface area contributed by atoms with Gasteiger partial charge >= 0.3 is 0 Å². The average Bonchev–Trinajstić information content (AvgIpc) is 3.30. The van der Waals surface area contributed by atoms with Gasteiger partial charge in [-0.2, -0.15) is 0 Å². The van der Waals surface area contributed by atoms with Crippen LogP contribution in [0.3, 0.4) is 0 Å². The van der Waals surface area contributed by atoms with E-state index < -0.39 is 0 Å². The number of aromatic nitrogens is 1. The maximum Gasteiger partial charge on any atom is 0.267 e. The molecule has 0 radical (unpaired) electrons. The van der Waals surface area contributed by atoms with Crippen molar-refractivity contribution in [3.63, 3.8) is 0 Å². The summed E-state index contributed by atoms with van der Waals surface area (Å²) in [7, 11) is 3.89. The fourth-order valence-corrected chi connectivity index (χ4v) is 4.82. The molecule has 0 unspecified atom stereocenters. The Bertz CT molecular complexity index is 899. The van der Waals surface area contributed by atoms with Crippen molar-refractivity contribution in [1.29, 1.82) is 0 Å². The second kappa shape index (κ2) is 7.78. The molecule has 1 aromatic heterocycles. The Morgan fingerprint density at radius 2 is 2.07 bits per heavy atom. The Labute approximate surface area is 170 Å². The summed E-state index contributed by atoms with van der Waals surface area (Å²) in [6.45, 7) is 2.67. The fourth-order valence-electron chi connectivity index (χ4n) is 4.82. The first kappa shape index (κ1) is 19.9. The van der Waals surface area contributed by atoms with Gasteiger partial charge < -0.3 is 15.2 Å². The maximum absolute atomic E-state index is 14.1. The molecular weight excluding hydrogens is 371 g/mol. The number of H-pyrrole nitrogens is 1. The lowest BCUT2D eigenvalue weighted by molar-refractivity contribution is -0.134. The zero-order chi connectivity index (χ0) is 20.7. The summed E-state index contributed by atoms with van der Waals surface area (Å²) in [4.78, 5) is 32.6. The molecule has 6 nitrogen and oxygen atoms in total. The monoisotopic (exact) mass is 400 g/mol. The van der Waals surface area contributed by atoms with E-state index in [1.807, 2.05) is 30.8 Å². The topological polar surface area (TPSA) is 68.4 Å². The number of likely N-dealkylation sites (N-methyl/N-ethyl adjacent to an activating group) is 1. The normalized spacial score (nSPS) is 25.2. The number of benzene rings is 1. The Hall–Kier alpha value is -2.41. The van der Waals surface area contributed by atoms with Gasteiger partial charge in [0.1, 0.15) is 11.5 Å². The van der Waals surface area contributed by atoms with Crippen molar-refractivity contribution in [1.82, 2.24) is 20.1 Å². The summed E-state index contributed by atoms with van der Waals surface area (Å²) in [5.41, 5.74) is 1.94. The van der Waals surface area contributed by atoms with Gasteiger partial charge in [0.15, 0.2) is 0 Å². The van der Waals surface area contributed by atoms with E-state index in [1.54, 1.807) is 12.1 Å². The van der Waals surface area contributed by atoms with Gasteiger partial charge in [0.05, 0.1) is 11.6 Å². The molecule has 1 saturated heterocycles. The molecule has 2 fully saturated rings. The van der Waals surface area contributed by atoms with Crippen LogP contribution in [0.2, 0.25) is 0 Å². The highest BCUT2D eigenvalue weighted by Crippen LogP contribution is 2.28. The lowest BCUT2D eigenvalue weighted by Gasteiger charge is -2.36. The molecule has 29 heavy (non-hydrogen) atoms. The van der Waals surface area contributed by atoms with E-state index in [0.717, 1.165) is 44.2 Å². The summed E-state index contributed by atoms with van der Waals surface area (Å²) in [6.07, 6.45) is 4.49. The molecule has 0 bridgehead atoms. The van der Waals surface area contributed by atoms with E-state index in [-0.39, 0.29) is 35.8 Å². The molecule has 1 aliphatic heterocycles. The molecule has 7 heteroatoms. The molecule has 156 valence electrons. The standard InChI is InChI=1S/C22H29FN4O2/c1-13-7-8-17(23)16-12-18(25-20(13)16)21(28)24-14-5-4-6-15(11-14)27-10-9-19(22(27)29)26(2)3/h7-8,12,14-15,19,25H,4-6,9-11H2,1-3H3,(H,24,28)/t14-,15+,19-/m1/s1.